The minimum absolute atomic E-state index is 0.139. The lowest BCUT2D eigenvalue weighted by molar-refractivity contribution is 0.168. The molecule has 33 valence electrons. The lowest BCUT2D eigenvalue weighted by atomic mass is 9.98. The van der Waals surface area contributed by atoms with Gasteiger partial charge in [0.1, 0.15) is 7.81 Å². The van der Waals surface area contributed by atoms with Crippen molar-refractivity contribution in [1.29, 1.82) is 1.34 Å². The number of ether oxygens (including phenoxy) is 1. The van der Waals surface area contributed by atoms with Gasteiger partial charge in [-0.2, -0.15) is 0 Å². The lowest BCUT2D eigenvalue weighted by Gasteiger charge is -1.94. The van der Waals surface area contributed by atoms with Crippen LogP contribution in [0.4, 0.5) is 0 Å². The molecule has 1 atom stereocenters. The van der Waals surface area contributed by atoms with Crippen molar-refractivity contribution in [2.24, 2.45) is 0 Å². The van der Waals surface area contributed by atoms with Gasteiger partial charge in [0, 0.05) is 12.6 Å². The van der Waals surface area contributed by atoms with Gasteiger partial charge < -0.3 is 4.74 Å². The zero-order valence-corrected chi connectivity index (χ0v) is 3.68. The Bertz CT molecular complexity index is 53.7. The van der Waals surface area contributed by atoms with E-state index < -0.39 is 0 Å². The summed E-state index contributed by atoms with van der Waals surface area (Å²) in [6, 6.07) is 0.139. The highest BCUT2D eigenvalue weighted by Crippen LogP contribution is 2.06. The minimum Gasteiger partial charge on any atom is -0.388 e. The fourth-order valence-corrected chi connectivity index (χ4v) is 0.603. The van der Waals surface area contributed by atoms with Gasteiger partial charge >= 0.3 is 0 Å². The Kier molecular flexibility index (Phi) is 0.848. The molecule has 0 aromatic heterocycles. The van der Waals surface area contributed by atoms with E-state index in [1.807, 2.05) is 0 Å². The third-order valence-corrected chi connectivity index (χ3v) is 0.965. The van der Waals surface area contributed by atoms with E-state index in [4.69, 9.17) is 6.07 Å². The quantitative estimate of drug-likeness (QED) is 0.407. The first-order valence-corrected chi connectivity index (χ1v) is 2.27. The molecule has 1 heterocycles. The van der Waals surface area contributed by atoms with Crippen LogP contribution in [0.15, 0.2) is 0 Å². The van der Waals surface area contributed by atoms with Crippen molar-refractivity contribution in [3.05, 3.63) is 0 Å². The molecule has 1 rings (SSSR count). The lowest BCUT2D eigenvalue weighted by Crippen LogP contribution is -2.01. The molecule has 0 aromatic carbocycles. The molecule has 0 amide bonds. The van der Waals surface area contributed by atoms with E-state index in [2.05, 4.69) is 0 Å². The highest BCUT2D eigenvalue weighted by molar-refractivity contribution is 6.11. The van der Waals surface area contributed by atoms with Crippen molar-refractivity contribution >= 4 is 7.81 Å². The van der Waals surface area contributed by atoms with Crippen LogP contribution < -0.4 is 0 Å². The zero-order valence-electron chi connectivity index (χ0n) is 4.68. The van der Waals surface area contributed by atoms with Crippen LogP contribution in [0.3, 0.4) is 0 Å². The summed E-state index contributed by atoms with van der Waals surface area (Å²) in [7, 11) is 1.37. The van der Waals surface area contributed by atoms with Crippen LogP contribution in [0.2, 0.25) is 0 Å². The maximum Gasteiger partial charge on any atom is 0.127 e. The van der Waals surface area contributed by atoms with E-state index in [9.17, 15) is 0 Å². The standard InChI is InChI=1S/C4H8BO/c5-4-2-1-3-6-4/h4-5H,1-3H2/i5D. The molecule has 0 aromatic rings. The SMILES string of the molecule is [2H][B]C1CCCO1. The van der Waals surface area contributed by atoms with Crippen LogP contribution >= 0.6 is 0 Å². The normalized spacial score (nSPS) is 36.0. The monoisotopic (exact) mass is 84.1 g/mol. The van der Waals surface area contributed by atoms with Gasteiger partial charge in [0.2, 0.25) is 0 Å². The van der Waals surface area contributed by atoms with E-state index in [0.29, 0.717) is 0 Å². The molecule has 1 saturated heterocycles. The smallest absolute Gasteiger partial charge is 0.127 e. The second-order valence-electron chi connectivity index (χ2n) is 1.55. The molecular formula is C4H8BO. The molecule has 0 N–H and O–H groups in total. The van der Waals surface area contributed by atoms with Crippen molar-refractivity contribution in [1.82, 2.24) is 0 Å². The van der Waals surface area contributed by atoms with Crippen LogP contribution in [-0.4, -0.2) is 21.8 Å². The number of hydrogen-bond donors (Lipinski definition) is 0. The van der Waals surface area contributed by atoms with Crippen molar-refractivity contribution in [2.45, 2.75) is 18.8 Å². The van der Waals surface area contributed by atoms with Gasteiger partial charge in [-0.1, -0.05) is 0 Å². The largest absolute Gasteiger partial charge is 0.388 e. The molecule has 1 nitrogen and oxygen atoms in total. The summed E-state index contributed by atoms with van der Waals surface area (Å²) < 4.78 is 11.8. The van der Waals surface area contributed by atoms with E-state index in [0.717, 1.165) is 19.4 Å². The Labute approximate surface area is 40.5 Å². The Morgan fingerprint density at radius 3 is 3.33 bits per heavy atom. The van der Waals surface area contributed by atoms with Crippen LogP contribution in [0, 0.1) is 0 Å². The average Bonchev–Trinajstić information content (AvgIpc) is 2.14. The number of rotatable bonds is 1. The number of hydrogen-bond acceptors (Lipinski definition) is 1. The van der Waals surface area contributed by atoms with Gasteiger partial charge in [0.05, 0.1) is 0 Å². The summed E-state index contributed by atoms with van der Waals surface area (Å²) in [5.41, 5.74) is 0. The maximum atomic E-state index is 6.75. The van der Waals surface area contributed by atoms with Crippen LogP contribution in [0.5, 0.6) is 0 Å². The molecule has 1 unspecified atom stereocenters. The first kappa shape index (κ1) is 3.08. The molecule has 1 radical (unpaired) electrons. The summed E-state index contributed by atoms with van der Waals surface area (Å²) in [5, 5.41) is 0. The molecule has 1 aliphatic rings. The Hall–Kier alpha value is 0.0249. The summed E-state index contributed by atoms with van der Waals surface area (Å²) >= 11 is 0. The van der Waals surface area contributed by atoms with Crippen LogP contribution in [0.25, 0.3) is 0 Å². The van der Waals surface area contributed by atoms with Crippen molar-refractivity contribution < 1.29 is 4.74 Å². The van der Waals surface area contributed by atoms with Gasteiger partial charge in [-0.05, 0) is 14.2 Å². The fraction of sp³-hybridized carbons (Fsp3) is 1.00. The topological polar surface area (TPSA) is 9.23 Å². The highest BCUT2D eigenvalue weighted by Gasteiger charge is 2.07. The third kappa shape index (κ3) is 0.746. The molecule has 0 aliphatic carbocycles. The van der Waals surface area contributed by atoms with Crippen molar-refractivity contribution in [2.75, 3.05) is 6.61 Å². The summed E-state index contributed by atoms with van der Waals surface area (Å²) in [5.74, 6) is 0. The van der Waals surface area contributed by atoms with E-state index >= 15 is 0 Å². The Morgan fingerprint density at radius 2 is 3.00 bits per heavy atom. The molecule has 6 heavy (non-hydrogen) atoms. The van der Waals surface area contributed by atoms with Crippen molar-refractivity contribution in [3.63, 3.8) is 0 Å². The summed E-state index contributed by atoms with van der Waals surface area (Å²) in [4.78, 5) is 0. The molecule has 1 aliphatic heterocycles. The third-order valence-electron chi connectivity index (χ3n) is 0.965. The predicted molar refractivity (Wildman–Crippen MR) is 26.1 cm³/mol. The Balaban J connectivity index is 2.14. The molecular weight excluding hydrogens is 74.9 g/mol. The average molecular weight is 83.9 g/mol. The van der Waals surface area contributed by atoms with Crippen molar-refractivity contribution in [3.8, 4) is 0 Å². The molecule has 0 saturated carbocycles. The maximum absolute atomic E-state index is 6.75. The predicted octanol–water partition coefficient (Wildman–Crippen LogP) is 0.0237. The van der Waals surface area contributed by atoms with Crippen LogP contribution in [0.1, 0.15) is 12.8 Å². The molecule has 2 heteroatoms. The minimum atomic E-state index is 0.139. The van der Waals surface area contributed by atoms with Crippen LogP contribution in [-0.2, 0) is 4.74 Å². The second kappa shape index (κ2) is 1.65. The zero-order chi connectivity index (χ0) is 5.11. The van der Waals surface area contributed by atoms with E-state index in [1.54, 1.807) is 0 Å². The van der Waals surface area contributed by atoms with Gasteiger partial charge in [-0.25, -0.2) is 0 Å². The van der Waals surface area contributed by atoms with Gasteiger partial charge in [-0.15, -0.1) is 0 Å². The molecule has 0 bridgehead atoms. The second-order valence-corrected chi connectivity index (χ2v) is 1.55. The van der Waals surface area contributed by atoms with Gasteiger partial charge in [0.25, 0.3) is 0 Å². The fourth-order valence-electron chi connectivity index (χ4n) is 0.603. The highest BCUT2D eigenvalue weighted by atomic mass is 16.5. The van der Waals surface area contributed by atoms with Gasteiger partial charge in [-0.3, -0.25) is 0 Å². The van der Waals surface area contributed by atoms with Gasteiger partial charge in [0.15, 0.2) is 0 Å². The van der Waals surface area contributed by atoms with E-state index in [1.165, 1.54) is 7.81 Å². The molecule has 1 fully saturated rings. The molecule has 0 spiro atoms. The summed E-state index contributed by atoms with van der Waals surface area (Å²) in [6.07, 6.45) is 2.17. The van der Waals surface area contributed by atoms with E-state index in [-0.39, 0.29) is 6.00 Å². The summed E-state index contributed by atoms with van der Waals surface area (Å²) in [6.45, 7) is 0.847. The Morgan fingerprint density at radius 1 is 2.00 bits per heavy atom. The first-order chi connectivity index (χ1) is 3.43. The first-order valence-electron chi connectivity index (χ1n) is 2.84.